The van der Waals surface area contributed by atoms with Crippen molar-refractivity contribution in [2.45, 2.75) is 104 Å². The van der Waals surface area contributed by atoms with Crippen LogP contribution in [-0.2, 0) is 20.9 Å². The standard InChI is InChI=1S/C51H53F3N6O7/c1-8-36-39(53)17-12-30-20-35(67-46(62)50(5,6)7)21-37(40(30)36)42-41(54)43-38(23-55-42)44(57-47(56-43)65-28-51-18-9-19-59(51)24-31(52)22-51)58-25-32-13-14-33(26-58)60(32)48(63)64-27-29-10-15-34(16-11-29)66-45(61)49(2,3)4/h1,10-12,15-17,20-21,23,31-33H,9,13-14,18-19,22,24-28H2,2-7H3/t31-,32?,33?,51+/m1/s1. The first-order valence-electron chi connectivity index (χ1n) is 22.7. The molecule has 0 radical (unpaired) electrons. The number of hydrogen-bond acceptors (Lipinski definition) is 12. The Morgan fingerprint density at radius 1 is 0.896 bits per heavy atom. The number of halogens is 3. The average Bonchev–Trinajstić information content (AvgIpc) is 3.90. The van der Waals surface area contributed by atoms with Gasteiger partial charge < -0.3 is 23.8 Å². The van der Waals surface area contributed by atoms with Gasteiger partial charge in [0.05, 0.1) is 39.4 Å². The van der Waals surface area contributed by atoms with Crippen molar-refractivity contribution in [3.63, 3.8) is 0 Å². The Hall–Kier alpha value is -6.47. The lowest BCUT2D eigenvalue weighted by atomic mass is 9.95. The van der Waals surface area contributed by atoms with Gasteiger partial charge in [-0.15, -0.1) is 6.42 Å². The van der Waals surface area contributed by atoms with Crippen molar-refractivity contribution in [3.8, 4) is 41.1 Å². The van der Waals surface area contributed by atoms with Crippen molar-refractivity contribution < 1.29 is 46.5 Å². The van der Waals surface area contributed by atoms with Crippen LogP contribution in [-0.4, -0.2) is 99.4 Å². The Bertz CT molecular complexity index is 2830. The number of piperazine rings is 1. The molecule has 1 amide bonds. The molecular weight excluding hydrogens is 866 g/mol. The smallest absolute Gasteiger partial charge is 0.410 e. The monoisotopic (exact) mass is 918 g/mol. The second-order valence-electron chi connectivity index (χ2n) is 20.2. The van der Waals surface area contributed by atoms with Crippen molar-refractivity contribution in [1.82, 2.24) is 24.8 Å². The number of ether oxygens (including phenoxy) is 4. The normalized spacial score (nSPS) is 21.6. The number of nitrogens with zero attached hydrogens (tertiary/aromatic N) is 6. The predicted molar refractivity (Wildman–Crippen MR) is 244 cm³/mol. The Labute approximate surface area is 386 Å². The fraction of sp³-hybridized carbons (Fsp3) is 0.451. The number of alkyl halides is 1. The highest BCUT2D eigenvalue weighted by atomic mass is 19.1. The predicted octanol–water partition coefficient (Wildman–Crippen LogP) is 8.95. The molecule has 2 bridgehead atoms. The van der Waals surface area contributed by atoms with Crippen LogP contribution in [0.15, 0.2) is 54.7 Å². The maximum Gasteiger partial charge on any atom is 0.410 e. The molecule has 0 saturated carbocycles. The molecule has 5 aromatic rings. The topological polar surface area (TPSA) is 137 Å². The Morgan fingerprint density at radius 2 is 1.58 bits per heavy atom. The van der Waals surface area contributed by atoms with Gasteiger partial charge in [-0.3, -0.25) is 24.4 Å². The third kappa shape index (κ3) is 8.81. The highest BCUT2D eigenvalue weighted by Crippen LogP contribution is 2.43. The molecular formula is C51H53F3N6O7. The molecule has 16 heteroatoms. The summed E-state index contributed by atoms with van der Waals surface area (Å²) in [6.45, 7) is 12.2. The molecule has 0 spiro atoms. The van der Waals surface area contributed by atoms with E-state index >= 15 is 8.78 Å². The first kappa shape index (κ1) is 45.7. The van der Waals surface area contributed by atoms with Gasteiger partial charge in [0.25, 0.3) is 0 Å². The number of anilines is 1. The summed E-state index contributed by atoms with van der Waals surface area (Å²) < 4.78 is 71.2. The Balaban J connectivity index is 1.05. The van der Waals surface area contributed by atoms with Crippen molar-refractivity contribution >= 4 is 45.5 Å². The molecule has 4 saturated heterocycles. The van der Waals surface area contributed by atoms with Crippen molar-refractivity contribution in [1.29, 1.82) is 0 Å². The molecule has 2 unspecified atom stereocenters. The second-order valence-corrected chi connectivity index (χ2v) is 20.2. The highest BCUT2D eigenvalue weighted by Gasteiger charge is 2.50. The number of terminal acetylenes is 1. The van der Waals surface area contributed by atoms with Crippen LogP contribution in [0.1, 0.15) is 84.8 Å². The SMILES string of the molecule is C#Cc1c(F)ccc2cc(OC(=O)C(C)(C)C)cc(-c3ncc4c(N5CC6CCC(C5)N6C(=O)OCc5ccc(OC(=O)C(C)(C)C)cc5)nc(OC[C@@]56CCCN5C[C@H](F)C6)nc4c3F)c12. The third-order valence-corrected chi connectivity index (χ3v) is 13.2. The van der Waals surface area contributed by atoms with Crippen molar-refractivity contribution in [2.24, 2.45) is 10.8 Å². The largest absolute Gasteiger partial charge is 0.461 e. The van der Waals surface area contributed by atoms with Gasteiger partial charge in [-0.2, -0.15) is 9.97 Å². The number of carbonyl (C=O) groups excluding carboxylic acids is 3. The number of fused-ring (bicyclic) bond motifs is 5. The molecule has 0 N–H and O–H groups in total. The summed E-state index contributed by atoms with van der Waals surface area (Å²) in [5.74, 6) is 0.721. The van der Waals surface area contributed by atoms with Gasteiger partial charge in [0.2, 0.25) is 0 Å². The molecule has 4 fully saturated rings. The summed E-state index contributed by atoms with van der Waals surface area (Å²) in [7, 11) is 0. The maximum absolute atomic E-state index is 17.6. The number of amides is 1. The van der Waals surface area contributed by atoms with E-state index in [-0.39, 0.29) is 76.1 Å². The fourth-order valence-electron chi connectivity index (χ4n) is 9.73. The van der Waals surface area contributed by atoms with Gasteiger partial charge in [-0.05, 0) is 115 Å². The average molecular weight is 919 g/mol. The van der Waals surface area contributed by atoms with Crippen molar-refractivity contribution in [3.05, 3.63) is 77.5 Å². The van der Waals surface area contributed by atoms with E-state index in [1.54, 1.807) is 76.8 Å². The van der Waals surface area contributed by atoms with Crippen LogP contribution in [0.2, 0.25) is 0 Å². The van der Waals surface area contributed by atoms with Crippen LogP contribution in [0, 0.1) is 34.8 Å². The number of esters is 2. The van der Waals surface area contributed by atoms with Gasteiger partial charge in [0, 0.05) is 43.2 Å². The summed E-state index contributed by atoms with van der Waals surface area (Å²) in [5, 5.41) is 0.841. The molecule has 4 aliphatic rings. The number of hydrogen-bond donors (Lipinski definition) is 0. The van der Waals surface area contributed by atoms with Gasteiger partial charge >= 0.3 is 24.0 Å². The number of aromatic nitrogens is 3. The van der Waals surface area contributed by atoms with Gasteiger partial charge in [-0.1, -0.05) is 24.1 Å². The van der Waals surface area contributed by atoms with Crippen LogP contribution >= 0.6 is 0 Å². The minimum absolute atomic E-state index is 0.00524. The maximum atomic E-state index is 17.6. The number of benzene rings is 3. The lowest BCUT2D eigenvalue weighted by Crippen LogP contribution is -2.56. The van der Waals surface area contributed by atoms with Crippen LogP contribution in [0.4, 0.5) is 23.8 Å². The summed E-state index contributed by atoms with van der Waals surface area (Å²) >= 11 is 0. The van der Waals surface area contributed by atoms with Crippen LogP contribution in [0.25, 0.3) is 32.9 Å². The molecule has 4 atom stereocenters. The van der Waals surface area contributed by atoms with E-state index in [0.29, 0.717) is 55.9 Å². The van der Waals surface area contributed by atoms with Gasteiger partial charge in [0.15, 0.2) is 5.82 Å². The zero-order valence-electron chi connectivity index (χ0n) is 38.5. The Kier molecular flexibility index (Phi) is 11.8. The van der Waals surface area contributed by atoms with Crippen LogP contribution in [0.5, 0.6) is 17.5 Å². The molecule has 350 valence electrons. The summed E-state index contributed by atoms with van der Waals surface area (Å²) in [4.78, 5) is 59.1. The van der Waals surface area contributed by atoms with Crippen LogP contribution < -0.4 is 19.1 Å². The zero-order chi connectivity index (χ0) is 47.6. The van der Waals surface area contributed by atoms with E-state index in [9.17, 15) is 18.8 Å². The van der Waals surface area contributed by atoms with Crippen molar-refractivity contribution in [2.75, 3.05) is 37.7 Å². The first-order valence-corrected chi connectivity index (χ1v) is 22.7. The lowest BCUT2D eigenvalue weighted by Gasteiger charge is -2.41. The van der Waals surface area contributed by atoms with Crippen LogP contribution in [0.3, 0.4) is 0 Å². The molecule has 2 aromatic heterocycles. The van der Waals surface area contributed by atoms with E-state index in [2.05, 4.69) is 20.8 Å². The molecule has 9 rings (SSSR count). The van der Waals surface area contributed by atoms with E-state index < -0.39 is 46.2 Å². The zero-order valence-corrected chi connectivity index (χ0v) is 38.5. The fourth-order valence-corrected chi connectivity index (χ4v) is 9.73. The van der Waals surface area contributed by atoms with Gasteiger partial charge in [-0.25, -0.2) is 18.0 Å². The molecule has 3 aromatic carbocycles. The van der Waals surface area contributed by atoms with E-state index in [1.807, 2.05) is 4.90 Å². The number of rotatable bonds is 9. The highest BCUT2D eigenvalue weighted by molar-refractivity contribution is 6.03. The molecule has 6 heterocycles. The van der Waals surface area contributed by atoms with E-state index in [4.69, 9.17) is 30.4 Å². The summed E-state index contributed by atoms with van der Waals surface area (Å²) in [5.41, 5.74) is -1.78. The molecule has 0 aliphatic carbocycles. The van der Waals surface area contributed by atoms with E-state index in [1.165, 1.54) is 24.4 Å². The summed E-state index contributed by atoms with van der Waals surface area (Å²) in [6, 6.07) is 11.8. The minimum atomic E-state index is -1.00. The quantitative estimate of drug-likeness (QED) is 0.0793. The summed E-state index contributed by atoms with van der Waals surface area (Å²) in [6.07, 6.45) is 9.10. The molecule has 67 heavy (non-hydrogen) atoms. The lowest BCUT2D eigenvalue weighted by molar-refractivity contribution is -0.143. The van der Waals surface area contributed by atoms with Gasteiger partial charge in [0.1, 0.15) is 53.7 Å². The Morgan fingerprint density at radius 3 is 2.25 bits per heavy atom. The second kappa shape index (κ2) is 17.3. The number of carbonyl (C=O) groups is 3. The molecule has 4 aliphatic heterocycles. The number of pyridine rings is 1. The first-order chi connectivity index (χ1) is 31.8. The third-order valence-electron chi connectivity index (χ3n) is 13.2. The minimum Gasteiger partial charge on any atom is -0.461 e. The molecule has 13 nitrogen and oxygen atoms in total. The van der Waals surface area contributed by atoms with E-state index in [0.717, 1.165) is 24.9 Å².